The number of rotatable bonds is 1. The fourth-order valence-corrected chi connectivity index (χ4v) is 2.56. The van der Waals surface area contributed by atoms with Gasteiger partial charge in [0, 0.05) is 30.2 Å². The fraction of sp³-hybridized carbons (Fsp3) is 0.556. The van der Waals surface area contributed by atoms with Crippen LogP contribution in [0, 0.1) is 5.95 Å². The highest BCUT2D eigenvalue weighted by Gasteiger charge is 2.20. The van der Waals surface area contributed by atoms with Crippen molar-refractivity contribution in [2.24, 2.45) is 0 Å². The highest BCUT2D eigenvalue weighted by molar-refractivity contribution is 7.99. The van der Waals surface area contributed by atoms with Gasteiger partial charge in [-0.15, -0.1) is 0 Å². The molecule has 2 rings (SSSR count). The van der Waals surface area contributed by atoms with E-state index in [4.69, 9.17) is 0 Å². The van der Waals surface area contributed by atoms with Crippen LogP contribution in [0.15, 0.2) is 12.4 Å². The van der Waals surface area contributed by atoms with E-state index in [0.717, 1.165) is 18.1 Å². The third-order valence-corrected chi connectivity index (χ3v) is 3.47. The lowest BCUT2D eigenvalue weighted by atomic mass is 10.3. The molecule has 1 saturated heterocycles. The molecule has 0 N–H and O–H groups in total. The molecule has 1 unspecified atom stereocenters. The summed E-state index contributed by atoms with van der Waals surface area (Å²) in [7, 11) is 0. The molecule has 1 aliphatic heterocycles. The molecular weight excluding hydrogens is 201 g/mol. The maximum Gasteiger partial charge on any atom is 0.218 e. The van der Waals surface area contributed by atoms with Crippen LogP contribution in [0.2, 0.25) is 0 Å². The number of hydrogen-bond acceptors (Lipinski definition) is 4. The van der Waals surface area contributed by atoms with Gasteiger partial charge in [0.15, 0.2) is 0 Å². The maximum absolute atomic E-state index is 12.9. The van der Waals surface area contributed by atoms with E-state index in [2.05, 4.69) is 21.8 Å². The van der Waals surface area contributed by atoms with Crippen molar-refractivity contribution in [2.45, 2.75) is 13.0 Å². The molecule has 0 radical (unpaired) electrons. The van der Waals surface area contributed by atoms with Gasteiger partial charge in [-0.05, 0) is 6.92 Å². The molecule has 76 valence electrons. The average Bonchev–Trinajstić information content (AvgIpc) is 2.18. The monoisotopic (exact) mass is 213 g/mol. The fourth-order valence-electron chi connectivity index (χ4n) is 1.55. The smallest absolute Gasteiger partial charge is 0.218 e. The topological polar surface area (TPSA) is 29.0 Å². The number of nitrogens with zero attached hydrogens (tertiary/aromatic N) is 3. The van der Waals surface area contributed by atoms with Gasteiger partial charge in [-0.3, -0.25) is 0 Å². The summed E-state index contributed by atoms with van der Waals surface area (Å²) in [6.45, 7) is 3.06. The van der Waals surface area contributed by atoms with Crippen molar-refractivity contribution >= 4 is 17.6 Å². The Hall–Kier alpha value is -0.840. The maximum atomic E-state index is 12.9. The molecule has 14 heavy (non-hydrogen) atoms. The zero-order valence-electron chi connectivity index (χ0n) is 7.98. The molecule has 5 heteroatoms. The summed E-state index contributed by atoms with van der Waals surface area (Å²) < 4.78 is 12.9. The Labute approximate surface area is 86.7 Å². The predicted molar refractivity (Wildman–Crippen MR) is 56.1 cm³/mol. The second-order valence-corrected chi connectivity index (χ2v) is 4.47. The molecule has 1 aromatic rings. The standard InChI is InChI=1S/C9H12FN3S/c1-7-5-14-3-2-13(7)9-4-8(10)11-6-12-9/h4,6-7H,2-3,5H2,1H3. The van der Waals surface area contributed by atoms with Crippen molar-refractivity contribution in [1.29, 1.82) is 0 Å². The summed E-state index contributed by atoms with van der Waals surface area (Å²) in [5, 5.41) is 0. The van der Waals surface area contributed by atoms with E-state index in [1.165, 1.54) is 12.4 Å². The van der Waals surface area contributed by atoms with Crippen LogP contribution in [0.5, 0.6) is 0 Å². The lowest BCUT2D eigenvalue weighted by molar-refractivity contribution is 0.575. The second-order valence-electron chi connectivity index (χ2n) is 3.32. The average molecular weight is 213 g/mol. The first-order valence-corrected chi connectivity index (χ1v) is 5.75. The van der Waals surface area contributed by atoms with Crippen LogP contribution in [0.1, 0.15) is 6.92 Å². The van der Waals surface area contributed by atoms with E-state index < -0.39 is 5.95 Å². The van der Waals surface area contributed by atoms with Crippen LogP contribution >= 0.6 is 11.8 Å². The van der Waals surface area contributed by atoms with E-state index in [1.807, 2.05) is 11.8 Å². The van der Waals surface area contributed by atoms with Crippen molar-refractivity contribution in [2.75, 3.05) is 23.0 Å². The Morgan fingerprint density at radius 3 is 3.14 bits per heavy atom. The zero-order valence-corrected chi connectivity index (χ0v) is 8.80. The zero-order chi connectivity index (χ0) is 9.97. The Morgan fingerprint density at radius 1 is 1.57 bits per heavy atom. The molecule has 1 aromatic heterocycles. The third kappa shape index (κ3) is 1.97. The van der Waals surface area contributed by atoms with Gasteiger partial charge in [0.1, 0.15) is 12.1 Å². The van der Waals surface area contributed by atoms with Crippen LogP contribution < -0.4 is 4.90 Å². The first kappa shape index (κ1) is 9.71. The highest BCUT2D eigenvalue weighted by Crippen LogP contribution is 2.21. The van der Waals surface area contributed by atoms with Gasteiger partial charge in [0.05, 0.1) is 0 Å². The van der Waals surface area contributed by atoms with E-state index in [0.29, 0.717) is 11.9 Å². The van der Waals surface area contributed by atoms with Crippen LogP contribution in [0.25, 0.3) is 0 Å². The van der Waals surface area contributed by atoms with E-state index >= 15 is 0 Å². The van der Waals surface area contributed by atoms with Crippen LogP contribution in [0.4, 0.5) is 10.2 Å². The number of thioether (sulfide) groups is 1. The summed E-state index contributed by atoms with van der Waals surface area (Å²) in [5.41, 5.74) is 0. The molecule has 0 bridgehead atoms. The number of hydrogen-bond donors (Lipinski definition) is 0. The molecule has 0 saturated carbocycles. The Morgan fingerprint density at radius 2 is 2.43 bits per heavy atom. The minimum atomic E-state index is -0.458. The molecular formula is C9H12FN3S. The lowest BCUT2D eigenvalue weighted by Crippen LogP contribution is -2.40. The van der Waals surface area contributed by atoms with Gasteiger partial charge in [-0.1, -0.05) is 0 Å². The minimum Gasteiger partial charge on any atom is -0.352 e. The summed E-state index contributed by atoms with van der Waals surface area (Å²) >= 11 is 1.93. The van der Waals surface area contributed by atoms with Crippen molar-refractivity contribution in [3.05, 3.63) is 18.3 Å². The number of anilines is 1. The lowest BCUT2D eigenvalue weighted by Gasteiger charge is -2.33. The number of halogens is 1. The summed E-state index contributed by atoms with van der Waals surface area (Å²) in [6.07, 6.45) is 1.28. The minimum absolute atomic E-state index is 0.419. The third-order valence-electron chi connectivity index (χ3n) is 2.28. The predicted octanol–water partition coefficient (Wildman–Crippen LogP) is 1.56. The quantitative estimate of drug-likeness (QED) is 0.662. The molecule has 0 aromatic carbocycles. The van der Waals surface area contributed by atoms with Crippen molar-refractivity contribution in [3.63, 3.8) is 0 Å². The second kappa shape index (κ2) is 4.13. The summed E-state index contributed by atoms with van der Waals surface area (Å²) in [5.74, 6) is 2.40. The Kier molecular flexibility index (Phi) is 2.86. The molecule has 0 aliphatic carbocycles. The van der Waals surface area contributed by atoms with Crippen molar-refractivity contribution in [1.82, 2.24) is 9.97 Å². The van der Waals surface area contributed by atoms with Gasteiger partial charge in [-0.25, -0.2) is 9.97 Å². The van der Waals surface area contributed by atoms with Crippen LogP contribution in [-0.4, -0.2) is 34.1 Å². The molecule has 0 amide bonds. The van der Waals surface area contributed by atoms with Gasteiger partial charge in [-0.2, -0.15) is 16.2 Å². The molecule has 1 aliphatic rings. The van der Waals surface area contributed by atoms with Crippen molar-refractivity contribution < 1.29 is 4.39 Å². The SMILES string of the molecule is CC1CSCCN1c1cc(F)ncn1. The summed E-state index contributed by atoms with van der Waals surface area (Å²) in [6, 6.07) is 1.81. The molecule has 1 atom stereocenters. The van der Waals surface area contributed by atoms with E-state index in [1.54, 1.807) is 0 Å². The molecule has 3 nitrogen and oxygen atoms in total. The van der Waals surface area contributed by atoms with Gasteiger partial charge in [0.2, 0.25) is 5.95 Å². The first-order chi connectivity index (χ1) is 6.77. The highest BCUT2D eigenvalue weighted by atomic mass is 32.2. The molecule has 2 heterocycles. The number of aromatic nitrogens is 2. The Bertz CT molecular complexity index is 321. The van der Waals surface area contributed by atoms with Gasteiger partial charge in [0.25, 0.3) is 0 Å². The molecule has 0 spiro atoms. The van der Waals surface area contributed by atoms with Gasteiger partial charge < -0.3 is 4.90 Å². The van der Waals surface area contributed by atoms with E-state index in [9.17, 15) is 4.39 Å². The van der Waals surface area contributed by atoms with Gasteiger partial charge >= 0.3 is 0 Å². The van der Waals surface area contributed by atoms with Crippen LogP contribution in [-0.2, 0) is 0 Å². The largest absolute Gasteiger partial charge is 0.352 e. The molecule has 1 fully saturated rings. The Balaban J connectivity index is 2.20. The normalized spacial score (nSPS) is 22.4. The first-order valence-electron chi connectivity index (χ1n) is 4.59. The van der Waals surface area contributed by atoms with Crippen LogP contribution in [0.3, 0.4) is 0 Å². The van der Waals surface area contributed by atoms with E-state index in [-0.39, 0.29) is 0 Å². The summed E-state index contributed by atoms with van der Waals surface area (Å²) in [4.78, 5) is 9.66. The van der Waals surface area contributed by atoms with Crippen molar-refractivity contribution in [3.8, 4) is 0 Å².